The minimum Gasteiger partial charge on any atom is -0.390 e. The van der Waals surface area contributed by atoms with Crippen molar-refractivity contribution in [1.82, 2.24) is 0 Å². The molecule has 0 spiro atoms. The van der Waals surface area contributed by atoms with Crippen molar-refractivity contribution in [2.24, 2.45) is 0 Å². The Morgan fingerprint density at radius 3 is 2.71 bits per heavy atom. The Bertz CT molecular complexity index is 399. The lowest BCUT2D eigenvalue weighted by Gasteiger charge is -2.44. The van der Waals surface area contributed by atoms with Gasteiger partial charge in [-0.1, -0.05) is 22.0 Å². The number of methoxy groups -OCH3 is 1. The molecule has 2 nitrogen and oxygen atoms in total. The van der Waals surface area contributed by atoms with Crippen LogP contribution in [0.5, 0.6) is 0 Å². The first-order valence-electron chi connectivity index (χ1n) is 5.74. The predicted octanol–water partition coefficient (Wildman–Crippen LogP) is 3.06. The van der Waals surface area contributed by atoms with Crippen molar-refractivity contribution in [1.29, 1.82) is 0 Å². The molecule has 94 valence electrons. The van der Waals surface area contributed by atoms with Gasteiger partial charge in [-0.2, -0.15) is 0 Å². The molecule has 1 atom stereocenters. The van der Waals surface area contributed by atoms with E-state index in [1.807, 2.05) is 0 Å². The van der Waals surface area contributed by atoms with Crippen LogP contribution in [0.2, 0.25) is 0 Å². The molecule has 0 amide bonds. The Morgan fingerprint density at radius 2 is 2.24 bits per heavy atom. The molecule has 17 heavy (non-hydrogen) atoms. The van der Waals surface area contributed by atoms with Crippen LogP contribution >= 0.6 is 15.9 Å². The van der Waals surface area contributed by atoms with E-state index in [4.69, 9.17) is 4.74 Å². The zero-order valence-electron chi connectivity index (χ0n) is 9.75. The molecule has 1 saturated carbocycles. The largest absolute Gasteiger partial charge is 0.390 e. The predicted molar refractivity (Wildman–Crippen MR) is 67.4 cm³/mol. The lowest BCUT2D eigenvalue weighted by Crippen LogP contribution is -2.50. The molecule has 2 rings (SSSR count). The summed E-state index contributed by atoms with van der Waals surface area (Å²) in [6, 6.07) is 4.53. The summed E-state index contributed by atoms with van der Waals surface area (Å²) in [5.74, 6) is -0.278. The van der Waals surface area contributed by atoms with E-state index in [0.717, 1.165) is 24.8 Å². The lowest BCUT2D eigenvalue weighted by atomic mass is 9.74. The van der Waals surface area contributed by atoms with Crippen LogP contribution in [-0.2, 0) is 11.2 Å². The first-order chi connectivity index (χ1) is 8.07. The van der Waals surface area contributed by atoms with Gasteiger partial charge in [0.2, 0.25) is 0 Å². The smallest absolute Gasteiger partial charge is 0.124 e. The Morgan fingerprint density at radius 1 is 1.53 bits per heavy atom. The molecule has 0 aliphatic heterocycles. The van der Waals surface area contributed by atoms with Crippen LogP contribution in [0.15, 0.2) is 22.7 Å². The van der Waals surface area contributed by atoms with E-state index in [9.17, 15) is 9.50 Å². The van der Waals surface area contributed by atoms with Gasteiger partial charge < -0.3 is 9.84 Å². The van der Waals surface area contributed by atoms with Gasteiger partial charge in [-0.05, 0) is 37.0 Å². The highest BCUT2D eigenvalue weighted by Gasteiger charge is 2.43. The van der Waals surface area contributed by atoms with Gasteiger partial charge in [-0.25, -0.2) is 4.39 Å². The number of ether oxygens (including phenoxy) is 1. The average Bonchev–Trinajstić information content (AvgIpc) is 2.21. The molecule has 1 aliphatic rings. The van der Waals surface area contributed by atoms with Gasteiger partial charge in [-0.15, -0.1) is 0 Å². The lowest BCUT2D eigenvalue weighted by molar-refractivity contribution is -0.148. The van der Waals surface area contributed by atoms with Crippen LogP contribution in [0.3, 0.4) is 0 Å². The third kappa shape index (κ3) is 2.54. The summed E-state index contributed by atoms with van der Waals surface area (Å²) in [6.07, 6.45) is 2.82. The normalized spacial score (nSPS) is 19.8. The number of rotatable bonds is 4. The molecular weight excluding hydrogens is 287 g/mol. The highest BCUT2D eigenvalue weighted by Crippen LogP contribution is 2.39. The summed E-state index contributed by atoms with van der Waals surface area (Å²) in [5, 5.41) is 10.2. The van der Waals surface area contributed by atoms with E-state index >= 15 is 0 Å². The highest BCUT2D eigenvalue weighted by molar-refractivity contribution is 9.10. The third-order valence-electron chi connectivity index (χ3n) is 3.64. The van der Waals surface area contributed by atoms with Gasteiger partial charge in [0.05, 0.1) is 11.7 Å². The average molecular weight is 303 g/mol. The Hall–Kier alpha value is -0.450. The molecule has 0 aromatic heterocycles. The van der Waals surface area contributed by atoms with Crippen LogP contribution < -0.4 is 0 Å². The maximum absolute atomic E-state index is 12.9. The first kappa shape index (κ1) is 13.0. The number of hydrogen-bond donors (Lipinski definition) is 1. The molecule has 4 heteroatoms. The zero-order chi connectivity index (χ0) is 12.5. The molecule has 1 aliphatic carbocycles. The van der Waals surface area contributed by atoms with Crippen LogP contribution in [0.1, 0.15) is 24.8 Å². The van der Waals surface area contributed by atoms with Gasteiger partial charge >= 0.3 is 0 Å². The standard InChI is InChI=1S/C13H16BrFO2/c1-17-13(5-2-6-13)12(16)7-9-3-4-10(15)8-11(9)14/h3-4,8,12,16H,2,5-7H2,1H3. The molecule has 0 radical (unpaired) electrons. The van der Waals surface area contributed by atoms with Gasteiger partial charge in [0.1, 0.15) is 5.82 Å². The molecule has 0 bridgehead atoms. The summed E-state index contributed by atoms with van der Waals surface area (Å²) >= 11 is 3.31. The maximum Gasteiger partial charge on any atom is 0.124 e. The van der Waals surface area contributed by atoms with Gasteiger partial charge in [0.15, 0.2) is 0 Å². The second-order valence-corrected chi connectivity index (χ2v) is 5.43. The number of halogens is 2. The topological polar surface area (TPSA) is 29.5 Å². The molecule has 0 saturated heterocycles. The number of hydrogen-bond acceptors (Lipinski definition) is 2. The van der Waals surface area contributed by atoms with Crippen molar-refractivity contribution in [3.05, 3.63) is 34.1 Å². The van der Waals surface area contributed by atoms with Crippen molar-refractivity contribution in [3.8, 4) is 0 Å². The summed E-state index contributed by atoms with van der Waals surface area (Å²) < 4.78 is 19.1. The summed E-state index contributed by atoms with van der Waals surface area (Å²) in [5.41, 5.74) is 0.510. The first-order valence-corrected chi connectivity index (χ1v) is 6.54. The Balaban J connectivity index is 2.10. The van der Waals surface area contributed by atoms with Crippen molar-refractivity contribution >= 4 is 15.9 Å². The molecule has 0 heterocycles. The van der Waals surface area contributed by atoms with Gasteiger partial charge in [0.25, 0.3) is 0 Å². The van der Waals surface area contributed by atoms with Crippen LogP contribution in [0.25, 0.3) is 0 Å². The highest BCUT2D eigenvalue weighted by atomic mass is 79.9. The molecule has 1 aromatic carbocycles. The fourth-order valence-corrected chi connectivity index (χ4v) is 2.79. The van der Waals surface area contributed by atoms with E-state index in [1.165, 1.54) is 12.1 Å². The molecule has 1 N–H and O–H groups in total. The van der Waals surface area contributed by atoms with E-state index in [1.54, 1.807) is 13.2 Å². The van der Waals surface area contributed by atoms with Gasteiger partial charge in [-0.3, -0.25) is 0 Å². The summed E-state index contributed by atoms with van der Waals surface area (Å²) in [7, 11) is 1.64. The molecule has 1 fully saturated rings. The number of benzene rings is 1. The van der Waals surface area contributed by atoms with Crippen molar-refractivity contribution < 1.29 is 14.2 Å². The Labute approximate surface area is 109 Å². The summed E-state index contributed by atoms with van der Waals surface area (Å²) in [6.45, 7) is 0. The number of aliphatic hydroxyl groups is 1. The molecular formula is C13H16BrFO2. The minimum absolute atomic E-state index is 0.278. The van der Waals surface area contributed by atoms with E-state index < -0.39 is 11.7 Å². The quantitative estimate of drug-likeness (QED) is 0.926. The van der Waals surface area contributed by atoms with Gasteiger partial charge in [0, 0.05) is 18.0 Å². The SMILES string of the molecule is COC1(C(O)Cc2ccc(F)cc2Br)CCC1. The monoisotopic (exact) mass is 302 g/mol. The fourth-order valence-electron chi connectivity index (χ4n) is 2.28. The Kier molecular flexibility index (Phi) is 3.85. The molecule has 1 aromatic rings. The van der Waals surface area contributed by atoms with E-state index in [-0.39, 0.29) is 5.82 Å². The van der Waals surface area contributed by atoms with Crippen molar-refractivity contribution in [3.63, 3.8) is 0 Å². The maximum atomic E-state index is 12.9. The zero-order valence-corrected chi connectivity index (χ0v) is 11.3. The van der Waals surface area contributed by atoms with E-state index in [0.29, 0.717) is 10.9 Å². The van der Waals surface area contributed by atoms with Crippen molar-refractivity contribution in [2.75, 3.05) is 7.11 Å². The third-order valence-corrected chi connectivity index (χ3v) is 4.38. The second-order valence-electron chi connectivity index (χ2n) is 4.58. The van der Waals surface area contributed by atoms with Crippen molar-refractivity contribution in [2.45, 2.75) is 37.4 Å². The fraction of sp³-hybridized carbons (Fsp3) is 0.538. The summed E-state index contributed by atoms with van der Waals surface area (Å²) in [4.78, 5) is 0. The minimum atomic E-state index is -0.539. The van der Waals surface area contributed by atoms with E-state index in [2.05, 4.69) is 15.9 Å². The number of aliphatic hydroxyl groups excluding tert-OH is 1. The van der Waals surface area contributed by atoms with Crippen LogP contribution in [0, 0.1) is 5.82 Å². The van der Waals surface area contributed by atoms with Crippen LogP contribution in [0.4, 0.5) is 4.39 Å². The molecule has 1 unspecified atom stereocenters. The second kappa shape index (κ2) is 5.04. The van der Waals surface area contributed by atoms with Crippen LogP contribution in [-0.4, -0.2) is 23.9 Å².